The number of hydrogen-bond acceptors (Lipinski definition) is 1. The van der Waals surface area contributed by atoms with Gasteiger partial charge in [0.05, 0.1) is 16.0 Å². The van der Waals surface area contributed by atoms with Crippen LogP contribution in [0.4, 0.5) is 0 Å². The molecule has 1 nitrogen and oxygen atoms in total. The van der Waals surface area contributed by atoms with Crippen LogP contribution in [0.25, 0.3) is 0 Å². The van der Waals surface area contributed by atoms with Crippen molar-refractivity contribution < 1.29 is 4.21 Å². The van der Waals surface area contributed by atoms with Crippen LogP contribution in [0.5, 0.6) is 0 Å². The second kappa shape index (κ2) is 3.71. The standard InChI is InChI=1S/C11H10OS/c12-13-9-5-4-8-11(13)10-6-2-1-3-7-10/h1-9,11H. The van der Waals surface area contributed by atoms with Crippen LogP contribution in [0, 0.1) is 0 Å². The van der Waals surface area contributed by atoms with Gasteiger partial charge in [0.2, 0.25) is 0 Å². The summed E-state index contributed by atoms with van der Waals surface area (Å²) in [6.07, 6.45) is 5.75. The molecule has 2 heteroatoms. The third-order valence-corrected chi connectivity index (χ3v) is 3.34. The van der Waals surface area contributed by atoms with Gasteiger partial charge < -0.3 is 0 Å². The minimum absolute atomic E-state index is 0.0335. The van der Waals surface area contributed by atoms with Crippen LogP contribution in [-0.4, -0.2) is 4.21 Å². The summed E-state index contributed by atoms with van der Waals surface area (Å²) in [5.74, 6) is 0. The minimum atomic E-state index is -0.896. The van der Waals surface area contributed by atoms with Gasteiger partial charge in [-0.05, 0) is 5.56 Å². The third kappa shape index (κ3) is 1.78. The highest BCUT2D eigenvalue weighted by Crippen LogP contribution is 2.24. The lowest BCUT2D eigenvalue weighted by Crippen LogP contribution is -2.02. The number of benzene rings is 1. The highest BCUT2D eigenvalue weighted by atomic mass is 32.2. The van der Waals surface area contributed by atoms with E-state index in [-0.39, 0.29) is 5.25 Å². The molecule has 66 valence electrons. The first kappa shape index (κ1) is 8.45. The zero-order chi connectivity index (χ0) is 9.10. The SMILES string of the molecule is O=S1C=CC=CC1c1ccccc1. The Kier molecular flexibility index (Phi) is 2.41. The van der Waals surface area contributed by atoms with Gasteiger partial charge >= 0.3 is 0 Å². The minimum Gasteiger partial charge on any atom is -0.254 e. The summed E-state index contributed by atoms with van der Waals surface area (Å²) in [5.41, 5.74) is 1.11. The molecule has 0 saturated carbocycles. The van der Waals surface area contributed by atoms with Crippen molar-refractivity contribution in [2.24, 2.45) is 0 Å². The Labute approximate surface area is 80.2 Å². The van der Waals surface area contributed by atoms with E-state index < -0.39 is 10.8 Å². The number of allylic oxidation sites excluding steroid dienone is 2. The van der Waals surface area contributed by atoms with Crippen LogP contribution >= 0.6 is 0 Å². The topological polar surface area (TPSA) is 17.1 Å². The fourth-order valence-electron chi connectivity index (χ4n) is 1.34. The average Bonchev–Trinajstić information content (AvgIpc) is 2.20. The molecule has 0 N–H and O–H groups in total. The van der Waals surface area contributed by atoms with Gasteiger partial charge in [0.25, 0.3) is 0 Å². The maximum absolute atomic E-state index is 11.6. The molecule has 0 amide bonds. The summed E-state index contributed by atoms with van der Waals surface area (Å²) >= 11 is 0. The Morgan fingerprint density at radius 1 is 1.08 bits per heavy atom. The molecule has 0 aliphatic carbocycles. The van der Waals surface area contributed by atoms with E-state index >= 15 is 0 Å². The van der Waals surface area contributed by atoms with Crippen LogP contribution in [0.2, 0.25) is 0 Å². The molecule has 1 aromatic carbocycles. The second-order valence-corrected chi connectivity index (χ2v) is 4.31. The van der Waals surface area contributed by atoms with Gasteiger partial charge in [0.1, 0.15) is 0 Å². The van der Waals surface area contributed by atoms with Gasteiger partial charge in [-0.2, -0.15) is 0 Å². The Morgan fingerprint density at radius 2 is 1.85 bits per heavy atom. The van der Waals surface area contributed by atoms with Crippen molar-refractivity contribution in [3.8, 4) is 0 Å². The van der Waals surface area contributed by atoms with Crippen LogP contribution in [-0.2, 0) is 10.8 Å². The summed E-state index contributed by atoms with van der Waals surface area (Å²) in [6.45, 7) is 0. The van der Waals surface area contributed by atoms with Crippen molar-refractivity contribution in [3.63, 3.8) is 0 Å². The van der Waals surface area contributed by atoms with E-state index in [1.54, 1.807) is 5.41 Å². The molecule has 1 aliphatic heterocycles. The zero-order valence-corrected chi connectivity index (χ0v) is 7.91. The smallest absolute Gasteiger partial charge is 0.0821 e. The van der Waals surface area contributed by atoms with Crippen molar-refractivity contribution in [2.45, 2.75) is 5.25 Å². The van der Waals surface area contributed by atoms with Crippen molar-refractivity contribution in [1.82, 2.24) is 0 Å². The molecular formula is C11H10OS. The molecular weight excluding hydrogens is 180 g/mol. The van der Waals surface area contributed by atoms with E-state index in [0.29, 0.717) is 0 Å². The maximum Gasteiger partial charge on any atom is 0.0821 e. The van der Waals surface area contributed by atoms with E-state index in [1.165, 1.54) is 0 Å². The number of hydrogen-bond donors (Lipinski definition) is 0. The molecule has 2 atom stereocenters. The quantitative estimate of drug-likeness (QED) is 0.665. The van der Waals surface area contributed by atoms with E-state index in [1.807, 2.05) is 48.6 Å². The van der Waals surface area contributed by atoms with E-state index in [0.717, 1.165) is 5.56 Å². The van der Waals surface area contributed by atoms with E-state index in [9.17, 15) is 4.21 Å². The second-order valence-electron chi connectivity index (χ2n) is 2.87. The molecule has 1 heterocycles. The van der Waals surface area contributed by atoms with Gasteiger partial charge in [-0.25, -0.2) is 0 Å². The fourth-order valence-corrected chi connectivity index (χ4v) is 2.42. The summed E-state index contributed by atoms with van der Waals surface area (Å²) in [4.78, 5) is 0. The molecule has 0 spiro atoms. The first-order valence-corrected chi connectivity index (χ1v) is 5.45. The molecule has 0 bridgehead atoms. The highest BCUT2D eigenvalue weighted by Gasteiger charge is 2.14. The highest BCUT2D eigenvalue weighted by molar-refractivity contribution is 7.88. The van der Waals surface area contributed by atoms with Gasteiger partial charge in [0, 0.05) is 5.41 Å². The summed E-state index contributed by atoms with van der Waals surface area (Å²) in [5, 5.41) is 1.77. The average molecular weight is 190 g/mol. The molecule has 1 aromatic rings. The summed E-state index contributed by atoms with van der Waals surface area (Å²) < 4.78 is 11.6. The number of rotatable bonds is 1. The van der Waals surface area contributed by atoms with Crippen LogP contribution in [0.3, 0.4) is 0 Å². The lowest BCUT2D eigenvalue weighted by Gasteiger charge is -2.12. The monoisotopic (exact) mass is 190 g/mol. The van der Waals surface area contributed by atoms with Crippen LogP contribution < -0.4 is 0 Å². The fraction of sp³-hybridized carbons (Fsp3) is 0.0909. The van der Waals surface area contributed by atoms with Crippen LogP contribution in [0.15, 0.2) is 54.0 Å². The lowest BCUT2D eigenvalue weighted by molar-refractivity contribution is 0.684. The predicted octanol–water partition coefficient (Wildman–Crippen LogP) is 2.56. The molecule has 0 aromatic heterocycles. The third-order valence-electron chi connectivity index (χ3n) is 1.99. The maximum atomic E-state index is 11.6. The molecule has 13 heavy (non-hydrogen) atoms. The molecule has 2 unspecified atom stereocenters. The Morgan fingerprint density at radius 3 is 2.54 bits per heavy atom. The van der Waals surface area contributed by atoms with Gasteiger partial charge in [-0.1, -0.05) is 48.6 Å². The first-order chi connectivity index (χ1) is 6.38. The van der Waals surface area contributed by atoms with E-state index in [4.69, 9.17) is 0 Å². The molecule has 0 fully saturated rings. The molecule has 2 rings (SSSR count). The van der Waals surface area contributed by atoms with Gasteiger partial charge in [-0.3, -0.25) is 4.21 Å². The lowest BCUT2D eigenvalue weighted by atomic mass is 10.1. The Balaban J connectivity index is 2.32. The summed E-state index contributed by atoms with van der Waals surface area (Å²) in [7, 11) is -0.896. The largest absolute Gasteiger partial charge is 0.254 e. The van der Waals surface area contributed by atoms with E-state index in [2.05, 4.69) is 0 Å². The Bertz CT molecular complexity index is 365. The molecule has 1 aliphatic rings. The predicted molar refractivity (Wildman–Crippen MR) is 55.6 cm³/mol. The van der Waals surface area contributed by atoms with Gasteiger partial charge in [-0.15, -0.1) is 0 Å². The molecule has 0 saturated heterocycles. The zero-order valence-electron chi connectivity index (χ0n) is 7.09. The molecule has 0 radical (unpaired) electrons. The van der Waals surface area contributed by atoms with Gasteiger partial charge in [0.15, 0.2) is 0 Å². The Hall–Kier alpha value is -1.15. The van der Waals surface area contributed by atoms with Crippen molar-refractivity contribution in [3.05, 3.63) is 59.5 Å². The summed E-state index contributed by atoms with van der Waals surface area (Å²) in [6, 6.07) is 9.92. The normalized spacial score (nSPS) is 26.2. The van der Waals surface area contributed by atoms with Crippen LogP contribution in [0.1, 0.15) is 10.8 Å². The van der Waals surface area contributed by atoms with Crippen molar-refractivity contribution >= 4 is 10.8 Å². The van der Waals surface area contributed by atoms with Crippen molar-refractivity contribution in [1.29, 1.82) is 0 Å². The first-order valence-electron chi connectivity index (χ1n) is 4.17. The van der Waals surface area contributed by atoms with Crippen molar-refractivity contribution in [2.75, 3.05) is 0 Å².